The van der Waals surface area contributed by atoms with E-state index in [1.54, 1.807) is 0 Å². The molecule has 6 heteroatoms. The van der Waals surface area contributed by atoms with Crippen LogP contribution in [0.15, 0.2) is 41.5 Å². The van der Waals surface area contributed by atoms with Crippen molar-refractivity contribution in [3.8, 4) is 0 Å². The predicted molar refractivity (Wildman–Crippen MR) is 110 cm³/mol. The minimum Gasteiger partial charge on any atom is -0.343 e. The van der Waals surface area contributed by atoms with Crippen LogP contribution < -0.4 is 5.32 Å². The quantitative estimate of drug-likeness (QED) is 0.450. The number of nitrogens with one attached hydrogen (secondary N) is 1. The number of benzene rings is 1. The van der Waals surface area contributed by atoms with Crippen LogP contribution in [0.3, 0.4) is 0 Å². The fraction of sp³-hybridized carbons (Fsp3) is 0.444. The molecule has 24 heavy (non-hydrogen) atoms. The Kier molecular flexibility index (Phi) is 7.08. The molecule has 1 aliphatic rings. The maximum atomic E-state index is 4.87. The molecular weight excluding hydrogens is 413 g/mol. The van der Waals surface area contributed by atoms with E-state index in [0.29, 0.717) is 6.54 Å². The number of rotatable bonds is 3. The van der Waals surface area contributed by atoms with E-state index in [1.165, 1.54) is 30.5 Å². The van der Waals surface area contributed by atoms with Crippen molar-refractivity contribution in [1.82, 2.24) is 14.7 Å². The largest absolute Gasteiger partial charge is 0.343 e. The van der Waals surface area contributed by atoms with Gasteiger partial charge in [0.25, 0.3) is 0 Å². The smallest absolute Gasteiger partial charge is 0.198 e. The van der Waals surface area contributed by atoms with Gasteiger partial charge < -0.3 is 10.2 Å². The molecule has 0 unspecified atom stereocenters. The van der Waals surface area contributed by atoms with E-state index < -0.39 is 0 Å². The second-order valence-corrected chi connectivity index (χ2v) is 6.06. The molecule has 5 nitrogen and oxygen atoms in total. The molecule has 1 aromatic carbocycles. The third-order valence-electron chi connectivity index (χ3n) is 4.42. The lowest BCUT2D eigenvalue weighted by Gasteiger charge is -2.30. The number of halogens is 1. The first kappa shape index (κ1) is 18.8. The number of aromatic nitrogens is 2. The predicted octanol–water partition coefficient (Wildman–Crippen LogP) is 3.80. The fourth-order valence-corrected chi connectivity index (χ4v) is 2.83. The summed E-state index contributed by atoms with van der Waals surface area (Å²) in [6.07, 6.45) is 5.70. The molecule has 0 saturated carbocycles. The van der Waals surface area contributed by atoms with Crippen molar-refractivity contribution in [3.05, 3.63) is 47.8 Å². The molecule has 1 fully saturated rings. The summed E-state index contributed by atoms with van der Waals surface area (Å²) in [5.74, 6) is 0.971. The van der Waals surface area contributed by atoms with Gasteiger partial charge in [-0.2, -0.15) is 5.10 Å². The molecule has 2 heterocycles. The normalized spacial score (nSPS) is 15.1. The number of anilines is 1. The Morgan fingerprint density at radius 1 is 1.17 bits per heavy atom. The van der Waals surface area contributed by atoms with Gasteiger partial charge in [0, 0.05) is 37.1 Å². The molecule has 1 aromatic heterocycles. The van der Waals surface area contributed by atoms with Crippen molar-refractivity contribution in [2.45, 2.75) is 32.7 Å². The standard InChI is InChI=1S/C18H25N5.HI/c1-15-16(14-20-22(15)2)13-19-18(23-11-7-4-8-12-23)21-17-9-5-3-6-10-17;/h3,5-6,9-10,14H,4,7-8,11-13H2,1-2H3,(H,19,21);1H. The molecule has 3 rings (SSSR count). The van der Waals surface area contributed by atoms with Crippen LogP contribution in [0.2, 0.25) is 0 Å². The number of aliphatic imine (C=N–C) groups is 1. The van der Waals surface area contributed by atoms with Crippen molar-refractivity contribution >= 4 is 35.6 Å². The summed E-state index contributed by atoms with van der Waals surface area (Å²) in [7, 11) is 1.97. The highest BCUT2D eigenvalue weighted by molar-refractivity contribution is 14.0. The van der Waals surface area contributed by atoms with Gasteiger partial charge in [-0.25, -0.2) is 4.99 Å². The first-order valence-corrected chi connectivity index (χ1v) is 8.33. The zero-order valence-corrected chi connectivity index (χ0v) is 16.7. The van der Waals surface area contributed by atoms with Crippen molar-refractivity contribution in [2.24, 2.45) is 12.0 Å². The zero-order chi connectivity index (χ0) is 16.1. The lowest BCUT2D eigenvalue weighted by atomic mass is 10.1. The first-order valence-electron chi connectivity index (χ1n) is 8.33. The van der Waals surface area contributed by atoms with Crippen LogP contribution >= 0.6 is 24.0 Å². The minimum absolute atomic E-state index is 0. The van der Waals surface area contributed by atoms with Gasteiger partial charge in [0.1, 0.15) is 0 Å². The lowest BCUT2D eigenvalue weighted by Crippen LogP contribution is -2.40. The number of piperidine rings is 1. The summed E-state index contributed by atoms with van der Waals surface area (Å²) in [6.45, 7) is 4.89. The third kappa shape index (κ3) is 4.72. The first-order chi connectivity index (χ1) is 11.2. The van der Waals surface area contributed by atoms with Crippen LogP contribution in [0.25, 0.3) is 0 Å². The lowest BCUT2D eigenvalue weighted by molar-refractivity contribution is 0.340. The molecule has 130 valence electrons. The highest BCUT2D eigenvalue weighted by Gasteiger charge is 2.15. The Morgan fingerprint density at radius 3 is 2.50 bits per heavy atom. The van der Waals surface area contributed by atoms with Crippen molar-refractivity contribution in [2.75, 3.05) is 18.4 Å². The summed E-state index contributed by atoms with van der Waals surface area (Å²) in [6, 6.07) is 10.3. The Bertz CT molecular complexity index is 659. The SMILES string of the molecule is Cc1c(CN=C(Nc2ccccc2)N2CCCCC2)cnn1C.I. The second kappa shape index (κ2) is 9.05. The summed E-state index contributed by atoms with van der Waals surface area (Å²) >= 11 is 0. The molecule has 1 N–H and O–H groups in total. The Labute approximate surface area is 161 Å². The van der Waals surface area contributed by atoms with Gasteiger partial charge in [-0.1, -0.05) is 18.2 Å². The molecule has 0 amide bonds. The van der Waals surface area contributed by atoms with Gasteiger partial charge in [0.15, 0.2) is 5.96 Å². The maximum absolute atomic E-state index is 4.87. The van der Waals surface area contributed by atoms with Gasteiger partial charge in [-0.3, -0.25) is 4.68 Å². The molecule has 0 spiro atoms. The van der Waals surface area contributed by atoms with Crippen LogP contribution in [-0.2, 0) is 13.6 Å². The van der Waals surface area contributed by atoms with Crippen molar-refractivity contribution in [3.63, 3.8) is 0 Å². The number of para-hydroxylation sites is 1. The Balaban J connectivity index is 0.00000208. The van der Waals surface area contributed by atoms with E-state index in [0.717, 1.165) is 24.7 Å². The topological polar surface area (TPSA) is 45.5 Å². The zero-order valence-electron chi connectivity index (χ0n) is 14.4. The van der Waals surface area contributed by atoms with E-state index in [9.17, 15) is 0 Å². The number of hydrogen-bond donors (Lipinski definition) is 1. The number of likely N-dealkylation sites (tertiary alicyclic amines) is 1. The number of nitrogens with zero attached hydrogens (tertiary/aromatic N) is 4. The Hall–Kier alpha value is -1.57. The van der Waals surface area contributed by atoms with Gasteiger partial charge in [-0.15, -0.1) is 24.0 Å². The van der Waals surface area contributed by atoms with Crippen molar-refractivity contribution < 1.29 is 0 Å². The maximum Gasteiger partial charge on any atom is 0.198 e. The second-order valence-electron chi connectivity index (χ2n) is 6.06. The molecule has 0 bridgehead atoms. The molecular formula is C18H26IN5. The summed E-state index contributed by atoms with van der Waals surface area (Å²) in [4.78, 5) is 7.23. The van der Waals surface area contributed by atoms with Crippen LogP contribution in [-0.4, -0.2) is 33.7 Å². The molecule has 1 aliphatic heterocycles. The van der Waals surface area contributed by atoms with Crippen molar-refractivity contribution in [1.29, 1.82) is 0 Å². The number of guanidine groups is 1. The van der Waals surface area contributed by atoms with E-state index >= 15 is 0 Å². The summed E-state index contributed by atoms with van der Waals surface area (Å²) in [5.41, 5.74) is 3.43. The fourth-order valence-electron chi connectivity index (χ4n) is 2.83. The molecule has 1 saturated heterocycles. The van der Waals surface area contributed by atoms with Gasteiger partial charge in [0.05, 0.1) is 12.7 Å². The molecule has 0 atom stereocenters. The van der Waals surface area contributed by atoms with Crippen LogP contribution in [0, 0.1) is 6.92 Å². The average Bonchev–Trinajstić information content (AvgIpc) is 2.92. The van der Waals surface area contributed by atoms with E-state index in [-0.39, 0.29) is 24.0 Å². The highest BCUT2D eigenvalue weighted by atomic mass is 127. The monoisotopic (exact) mass is 439 g/mol. The molecule has 0 aliphatic carbocycles. The Morgan fingerprint density at radius 2 is 1.88 bits per heavy atom. The van der Waals surface area contributed by atoms with Crippen LogP contribution in [0.4, 0.5) is 5.69 Å². The van der Waals surface area contributed by atoms with E-state index in [1.807, 2.05) is 36.1 Å². The number of hydrogen-bond acceptors (Lipinski definition) is 2. The molecule has 2 aromatic rings. The van der Waals surface area contributed by atoms with Crippen LogP contribution in [0.5, 0.6) is 0 Å². The van der Waals surface area contributed by atoms with Crippen LogP contribution in [0.1, 0.15) is 30.5 Å². The summed E-state index contributed by atoms with van der Waals surface area (Å²) < 4.78 is 1.90. The van der Waals surface area contributed by atoms with Gasteiger partial charge in [-0.05, 0) is 38.3 Å². The van der Waals surface area contributed by atoms with E-state index in [4.69, 9.17) is 4.99 Å². The third-order valence-corrected chi connectivity index (χ3v) is 4.42. The van der Waals surface area contributed by atoms with Gasteiger partial charge >= 0.3 is 0 Å². The highest BCUT2D eigenvalue weighted by Crippen LogP contribution is 2.14. The molecule has 0 radical (unpaired) electrons. The average molecular weight is 439 g/mol. The van der Waals surface area contributed by atoms with Gasteiger partial charge in [0.2, 0.25) is 0 Å². The minimum atomic E-state index is 0. The van der Waals surface area contributed by atoms with E-state index in [2.05, 4.69) is 34.4 Å². The summed E-state index contributed by atoms with van der Waals surface area (Å²) in [5, 5.41) is 7.80. The number of aryl methyl sites for hydroxylation is 1.